The van der Waals surface area contributed by atoms with Crippen molar-refractivity contribution < 1.29 is 22.7 Å². The molecular formula is C25H42N4O5S. The van der Waals surface area contributed by atoms with E-state index in [2.05, 4.69) is 16.8 Å². The second-order valence-electron chi connectivity index (χ2n) is 9.90. The molecule has 0 bridgehead atoms. The summed E-state index contributed by atoms with van der Waals surface area (Å²) in [5.74, 6) is 1.26. The van der Waals surface area contributed by atoms with Crippen molar-refractivity contribution in [1.82, 2.24) is 19.0 Å². The highest BCUT2D eigenvalue weighted by Gasteiger charge is 2.27. The standard InChI is InChI=1S/C25H42N4O5S/c1-20-16-23(33-5)17-21(2)25(20)35(31,32)27(4)14-15-34-19-24(30)29-8-6-22(7-9-29)18-28-12-10-26(3)11-13-28/h16-17,22H,6-15,18-19H2,1-5H3. The monoisotopic (exact) mass is 510 g/mol. The van der Waals surface area contributed by atoms with Gasteiger partial charge < -0.3 is 24.2 Å². The van der Waals surface area contributed by atoms with Gasteiger partial charge in [-0.3, -0.25) is 4.79 Å². The number of likely N-dealkylation sites (tertiary alicyclic amines) is 1. The summed E-state index contributed by atoms with van der Waals surface area (Å²) < 4.78 is 38.3. The van der Waals surface area contributed by atoms with Crippen LogP contribution < -0.4 is 4.74 Å². The molecule has 2 aliphatic heterocycles. The van der Waals surface area contributed by atoms with E-state index in [1.807, 2.05) is 4.90 Å². The Morgan fingerprint density at radius 1 is 1.06 bits per heavy atom. The minimum atomic E-state index is -3.67. The Bertz CT molecular complexity index is 932. The molecule has 10 heteroatoms. The summed E-state index contributed by atoms with van der Waals surface area (Å²) in [5, 5.41) is 0. The summed E-state index contributed by atoms with van der Waals surface area (Å²) >= 11 is 0. The van der Waals surface area contributed by atoms with E-state index >= 15 is 0 Å². The summed E-state index contributed by atoms with van der Waals surface area (Å²) in [7, 11) is 1.59. The topological polar surface area (TPSA) is 82.6 Å². The SMILES string of the molecule is COc1cc(C)c(S(=O)(=O)N(C)CCOCC(=O)N2CCC(CN3CCN(C)CC3)CC2)c(C)c1. The number of piperazine rings is 1. The van der Waals surface area contributed by atoms with Crippen molar-refractivity contribution in [3.63, 3.8) is 0 Å². The van der Waals surface area contributed by atoms with E-state index in [1.54, 1.807) is 33.1 Å². The zero-order chi connectivity index (χ0) is 25.6. The zero-order valence-corrected chi connectivity index (χ0v) is 22.8. The van der Waals surface area contributed by atoms with Crippen LogP contribution in [0.25, 0.3) is 0 Å². The van der Waals surface area contributed by atoms with Gasteiger partial charge in [0.05, 0.1) is 18.6 Å². The highest BCUT2D eigenvalue weighted by molar-refractivity contribution is 7.89. The number of amides is 1. The molecule has 2 saturated heterocycles. The minimum Gasteiger partial charge on any atom is -0.497 e. The minimum absolute atomic E-state index is 0.0163. The molecule has 0 aliphatic carbocycles. The lowest BCUT2D eigenvalue weighted by Crippen LogP contribution is -2.48. The lowest BCUT2D eigenvalue weighted by atomic mass is 9.96. The molecule has 3 rings (SSSR count). The van der Waals surface area contributed by atoms with Crippen LogP contribution in [-0.2, 0) is 19.6 Å². The van der Waals surface area contributed by atoms with Crippen LogP contribution in [0.4, 0.5) is 0 Å². The molecule has 1 amide bonds. The van der Waals surface area contributed by atoms with Crippen molar-refractivity contribution >= 4 is 15.9 Å². The molecule has 1 aromatic carbocycles. The Morgan fingerprint density at radius 3 is 2.23 bits per heavy atom. The highest BCUT2D eigenvalue weighted by Crippen LogP contribution is 2.27. The van der Waals surface area contributed by atoms with E-state index in [4.69, 9.17) is 9.47 Å². The number of rotatable bonds is 10. The fourth-order valence-corrected chi connectivity index (χ4v) is 6.47. The quantitative estimate of drug-likeness (QED) is 0.441. The molecule has 0 saturated carbocycles. The Kier molecular flexibility index (Phi) is 9.94. The Balaban J connectivity index is 1.39. The van der Waals surface area contributed by atoms with Gasteiger partial charge in [-0.2, -0.15) is 4.31 Å². The highest BCUT2D eigenvalue weighted by atomic mass is 32.2. The first-order valence-electron chi connectivity index (χ1n) is 12.5. The largest absolute Gasteiger partial charge is 0.497 e. The van der Waals surface area contributed by atoms with Gasteiger partial charge in [-0.15, -0.1) is 0 Å². The predicted octanol–water partition coefficient (Wildman–Crippen LogP) is 1.44. The maximum absolute atomic E-state index is 13.1. The van der Waals surface area contributed by atoms with E-state index in [0.29, 0.717) is 22.8 Å². The third-order valence-electron chi connectivity index (χ3n) is 7.19. The summed E-state index contributed by atoms with van der Waals surface area (Å²) in [6.45, 7) is 11.0. The van der Waals surface area contributed by atoms with Crippen LogP contribution in [0.2, 0.25) is 0 Å². The second-order valence-corrected chi connectivity index (χ2v) is 11.9. The van der Waals surface area contributed by atoms with Crippen molar-refractivity contribution in [2.45, 2.75) is 31.6 Å². The van der Waals surface area contributed by atoms with Gasteiger partial charge in [0.15, 0.2) is 0 Å². The van der Waals surface area contributed by atoms with E-state index in [-0.39, 0.29) is 30.6 Å². The van der Waals surface area contributed by atoms with Gasteiger partial charge >= 0.3 is 0 Å². The molecule has 198 valence electrons. The fourth-order valence-electron chi connectivity index (χ4n) is 4.92. The Labute approximate surface area is 211 Å². The van der Waals surface area contributed by atoms with Crippen molar-refractivity contribution in [3.8, 4) is 5.75 Å². The van der Waals surface area contributed by atoms with Crippen LogP contribution in [0.5, 0.6) is 5.75 Å². The average Bonchev–Trinajstić information content (AvgIpc) is 2.82. The number of methoxy groups -OCH3 is 1. The number of nitrogens with zero attached hydrogens (tertiary/aromatic N) is 4. The van der Waals surface area contributed by atoms with E-state index < -0.39 is 10.0 Å². The molecule has 0 aromatic heterocycles. The van der Waals surface area contributed by atoms with Crippen molar-refractivity contribution in [3.05, 3.63) is 23.3 Å². The summed E-state index contributed by atoms with van der Waals surface area (Å²) in [6, 6.07) is 3.44. The van der Waals surface area contributed by atoms with Crippen LogP contribution >= 0.6 is 0 Å². The molecule has 35 heavy (non-hydrogen) atoms. The molecule has 2 heterocycles. The van der Waals surface area contributed by atoms with Gasteiger partial charge in [-0.1, -0.05) is 0 Å². The number of benzene rings is 1. The van der Waals surface area contributed by atoms with Crippen molar-refractivity contribution in [2.75, 3.05) is 86.8 Å². The van der Waals surface area contributed by atoms with E-state index in [9.17, 15) is 13.2 Å². The van der Waals surface area contributed by atoms with Gasteiger partial charge in [0, 0.05) is 59.4 Å². The van der Waals surface area contributed by atoms with Gasteiger partial charge in [-0.05, 0) is 62.9 Å². The molecule has 0 radical (unpaired) electrons. The number of ether oxygens (including phenoxy) is 2. The van der Waals surface area contributed by atoms with Gasteiger partial charge in [0.1, 0.15) is 12.4 Å². The van der Waals surface area contributed by atoms with Crippen LogP contribution in [0.3, 0.4) is 0 Å². The first-order valence-corrected chi connectivity index (χ1v) is 13.9. The summed E-state index contributed by atoms with van der Waals surface area (Å²) in [5.41, 5.74) is 1.28. The number of aryl methyl sites for hydroxylation is 2. The van der Waals surface area contributed by atoms with Crippen molar-refractivity contribution in [2.24, 2.45) is 5.92 Å². The predicted molar refractivity (Wildman–Crippen MR) is 136 cm³/mol. The average molecular weight is 511 g/mol. The lowest BCUT2D eigenvalue weighted by molar-refractivity contribution is -0.137. The third-order valence-corrected chi connectivity index (χ3v) is 9.36. The maximum atomic E-state index is 13.1. The lowest BCUT2D eigenvalue weighted by Gasteiger charge is -2.38. The molecule has 0 atom stereocenters. The third kappa shape index (κ3) is 7.39. The number of carbonyl (C=O) groups is 1. The Morgan fingerprint density at radius 2 is 1.66 bits per heavy atom. The molecule has 9 nitrogen and oxygen atoms in total. The van der Waals surface area contributed by atoms with Gasteiger partial charge in [-0.25, -0.2) is 8.42 Å². The molecule has 0 unspecified atom stereocenters. The smallest absolute Gasteiger partial charge is 0.248 e. The number of likely N-dealkylation sites (N-methyl/N-ethyl adjacent to an activating group) is 2. The first-order chi connectivity index (χ1) is 16.6. The first kappa shape index (κ1) is 27.9. The van der Waals surface area contributed by atoms with Gasteiger partial charge in [0.2, 0.25) is 15.9 Å². The van der Waals surface area contributed by atoms with Crippen LogP contribution in [-0.4, -0.2) is 120 Å². The number of sulfonamides is 1. The molecule has 0 N–H and O–H groups in total. The zero-order valence-electron chi connectivity index (χ0n) is 22.0. The van der Waals surface area contributed by atoms with E-state index in [1.165, 1.54) is 11.4 Å². The van der Waals surface area contributed by atoms with Gasteiger partial charge in [0.25, 0.3) is 0 Å². The second kappa shape index (κ2) is 12.5. The summed E-state index contributed by atoms with van der Waals surface area (Å²) in [4.78, 5) is 19.7. The van der Waals surface area contributed by atoms with Crippen molar-refractivity contribution in [1.29, 1.82) is 0 Å². The number of carbonyl (C=O) groups excluding carboxylic acids is 1. The molecule has 2 aliphatic rings. The number of hydrogen-bond donors (Lipinski definition) is 0. The Hall–Kier alpha value is -1.72. The number of piperidine rings is 1. The molecule has 0 spiro atoms. The van der Waals surface area contributed by atoms with Crippen LogP contribution in [0.15, 0.2) is 17.0 Å². The van der Waals surface area contributed by atoms with Crippen LogP contribution in [0, 0.1) is 19.8 Å². The fraction of sp³-hybridized carbons (Fsp3) is 0.720. The van der Waals surface area contributed by atoms with Crippen LogP contribution in [0.1, 0.15) is 24.0 Å². The number of hydrogen-bond acceptors (Lipinski definition) is 7. The van der Waals surface area contributed by atoms with E-state index in [0.717, 1.165) is 58.7 Å². The normalized spacial score (nSPS) is 18.9. The molecule has 2 fully saturated rings. The molecular weight excluding hydrogens is 468 g/mol. The maximum Gasteiger partial charge on any atom is 0.248 e. The molecule has 1 aromatic rings. The summed E-state index contributed by atoms with van der Waals surface area (Å²) in [6.07, 6.45) is 2.05.